The summed E-state index contributed by atoms with van der Waals surface area (Å²) in [7, 11) is 0. The maximum atomic E-state index is 14.0. The fourth-order valence-corrected chi connectivity index (χ4v) is 2.26. The van der Waals surface area contributed by atoms with Gasteiger partial charge in [0.25, 0.3) is 5.91 Å². The van der Waals surface area contributed by atoms with Crippen molar-refractivity contribution in [3.05, 3.63) is 57.3 Å². The summed E-state index contributed by atoms with van der Waals surface area (Å²) in [4.78, 5) is 12.2. The first-order chi connectivity index (χ1) is 9.40. The lowest BCUT2D eigenvalue weighted by Gasteiger charge is -2.11. The molecule has 0 bridgehead atoms. The Morgan fingerprint density at radius 3 is 2.70 bits per heavy atom. The molecule has 0 radical (unpaired) electrons. The van der Waals surface area contributed by atoms with Crippen molar-refractivity contribution in [2.24, 2.45) is 0 Å². The first-order valence-corrected chi connectivity index (χ1v) is 6.81. The van der Waals surface area contributed by atoms with Crippen molar-refractivity contribution in [1.29, 1.82) is 0 Å². The van der Waals surface area contributed by atoms with E-state index in [1.165, 1.54) is 12.1 Å². The highest BCUT2D eigenvalue weighted by Crippen LogP contribution is 2.25. The topological polar surface area (TPSA) is 55.1 Å². The van der Waals surface area contributed by atoms with Gasteiger partial charge in [0.2, 0.25) is 0 Å². The maximum absolute atomic E-state index is 14.0. The second-order valence-corrected chi connectivity index (χ2v) is 5.42. The number of halogens is 2. The van der Waals surface area contributed by atoms with Crippen LogP contribution in [-0.2, 0) is 0 Å². The van der Waals surface area contributed by atoms with Gasteiger partial charge in [-0.25, -0.2) is 4.39 Å². The lowest BCUT2D eigenvalue weighted by Crippen LogP contribution is -2.15. The molecule has 0 spiro atoms. The summed E-state index contributed by atoms with van der Waals surface area (Å²) in [5.74, 6) is -1.07. The predicted octanol–water partition coefficient (Wildman–Crippen LogP) is 4.04. The smallest absolute Gasteiger partial charge is 0.258 e. The van der Waals surface area contributed by atoms with Gasteiger partial charge in [-0.1, -0.05) is 22.0 Å². The highest BCUT2D eigenvalue weighted by atomic mass is 79.9. The average Bonchev–Trinajstić information content (AvgIpc) is 2.39. The Balaban J connectivity index is 2.36. The lowest BCUT2D eigenvalue weighted by atomic mass is 10.1. The van der Waals surface area contributed by atoms with Gasteiger partial charge in [-0.2, -0.15) is 0 Å². The van der Waals surface area contributed by atoms with Crippen molar-refractivity contribution in [2.75, 3.05) is 11.1 Å². The average molecular weight is 337 g/mol. The summed E-state index contributed by atoms with van der Waals surface area (Å²) in [5.41, 5.74) is 7.82. The maximum Gasteiger partial charge on any atom is 0.258 e. The normalized spacial score (nSPS) is 10.4. The summed E-state index contributed by atoms with van der Waals surface area (Å²) in [6.45, 7) is 3.44. The number of nitrogens with two attached hydrogens (primary N) is 1. The number of nitrogen functional groups attached to an aromatic ring is 1. The molecule has 0 aromatic heterocycles. The van der Waals surface area contributed by atoms with E-state index in [1.807, 2.05) is 13.0 Å². The highest BCUT2D eigenvalue weighted by Gasteiger charge is 2.16. The molecular weight excluding hydrogens is 323 g/mol. The third-order valence-corrected chi connectivity index (χ3v) is 3.90. The standard InChI is InChI=1S/C15H14BrFN2O/c1-8-6-10(18)7-11(14(8)17)15(20)19-13-5-3-4-12(16)9(13)2/h3-7H,18H2,1-2H3,(H,19,20). The van der Waals surface area contributed by atoms with Gasteiger partial charge < -0.3 is 11.1 Å². The molecule has 0 heterocycles. The number of amides is 1. The first-order valence-electron chi connectivity index (χ1n) is 6.02. The van der Waals surface area contributed by atoms with Crippen LogP contribution in [-0.4, -0.2) is 5.91 Å². The number of carbonyl (C=O) groups is 1. The summed E-state index contributed by atoms with van der Waals surface area (Å²) < 4.78 is 14.9. The van der Waals surface area contributed by atoms with E-state index >= 15 is 0 Å². The third kappa shape index (κ3) is 2.82. The van der Waals surface area contributed by atoms with E-state index in [9.17, 15) is 9.18 Å². The van der Waals surface area contributed by atoms with Crippen LogP contribution in [0.4, 0.5) is 15.8 Å². The zero-order valence-corrected chi connectivity index (χ0v) is 12.7. The summed E-state index contributed by atoms with van der Waals surface area (Å²) >= 11 is 3.38. The largest absolute Gasteiger partial charge is 0.399 e. The number of hydrogen-bond acceptors (Lipinski definition) is 2. The van der Waals surface area contributed by atoms with Gasteiger partial charge >= 0.3 is 0 Å². The minimum atomic E-state index is -0.552. The Labute approximate surface area is 125 Å². The van der Waals surface area contributed by atoms with Crippen molar-refractivity contribution < 1.29 is 9.18 Å². The molecule has 0 saturated heterocycles. The van der Waals surface area contributed by atoms with Gasteiger partial charge in [-0.3, -0.25) is 4.79 Å². The minimum absolute atomic E-state index is 0.0538. The van der Waals surface area contributed by atoms with Crippen LogP contribution in [0.3, 0.4) is 0 Å². The second-order valence-electron chi connectivity index (χ2n) is 4.57. The molecule has 2 aromatic rings. The van der Waals surface area contributed by atoms with Crippen LogP contribution in [0, 0.1) is 19.7 Å². The molecule has 0 aliphatic carbocycles. The summed E-state index contributed by atoms with van der Waals surface area (Å²) in [6.07, 6.45) is 0. The van der Waals surface area contributed by atoms with E-state index in [0.29, 0.717) is 16.9 Å². The third-order valence-electron chi connectivity index (χ3n) is 3.04. The molecule has 0 aliphatic rings. The van der Waals surface area contributed by atoms with Gasteiger partial charge in [0.05, 0.1) is 5.56 Å². The molecule has 2 rings (SSSR count). The molecule has 5 heteroatoms. The summed E-state index contributed by atoms with van der Waals surface area (Å²) in [5, 5.41) is 2.70. The molecule has 0 unspecified atom stereocenters. The molecule has 104 valence electrons. The molecule has 0 saturated carbocycles. The minimum Gasteiger partial charge on any atom is -0.399 e. The number of hydrogen-bond donors (Lipinski definition) is 2. The van der Waals surface area contributed by atoms with Crippen molar-refractivity contribution in [3.8, 4) is 0 Å². The van der Waals surface area contributed by atoms with E-state index < -0.39 is 11.7 Å². The number of anilines is 2. The molecule has 0 aliphatic heterocycles. The number of nitrogens with one attached hydrogen (secondary N) is 1. The van der Waals surface area contributed by atoms with Gasteiger partial charge in [0.1, 0.15) is 5.82 Å². The Morgan fingerprint density at radius 1 is 1.30 bits per heavy atom. The van der Waals surface area contributed by atoms with Crippen molar-refractivity contribution in [1.82, 2.24) is 0 Å². The van der Waals surface area contributed by atoms with Crippen LogP contribution in [0.2, 0.25) is 0 Å². The van der Waals surface area contributed by atoms with E-state index in [0.717, 1.165) is 10.0 Å². The van der Waals surface area contributed by atoms with Crippen LogP contribution < -0.4 is 11.1 Å². The van der Waals surface area contributed by atoms with Crippen LogP contribution >= 0.6 is 15.9 Å². The molecule has 3 N–H and O–H groups in total. The van der Waals surface area contributed by atoms with Crippen LogP contribution in [0.1, 0.15) is 21.5 Å². The van der Waals surface area contributed by atoms with Crippen LogP contribution in [0.15, 0.2) is 34.8 Å². The van der Waals surface area contributed by atoms with Crippen LogP contribution in [0.5, 0.6) is 0 Å². The van der Waals surface area contributed by atoms with E-state index in [2.05, 4.69) is 21.2 Å². The van der Waals surface area contributed by atoms with E-state index in [-0.39, 0.29) is 5.56 Å². The number of aryl methyl sites for hydroxylation is 1. The zero-order valence-electron chi connectivity index (χ0n) is 11.1. The van der Waals surface area contributed by atoms with Gasteiger partial charge in [0.15, 0.2) is 0 Å². The monoisotopic (exact) mass is 336 g/mol. The van der Waals surface area contributed by atoms with E-state index in [4.69, 9.17) is 5.73 Å². The molecular formula is C15H14BrFN2O. The molecule has 20 heavy (non-hydrogen) atoms. The number of rotatable bonds is 2. The zero-order chi connectivity index (χ0) is 14.9. The van der Waals surface area contributed by atoms with Crippen molar-refractivity contribution in [3.63, 3.8) is 0 Å². The molecule has 3 nitrogen and oxygen atoms in total. The predicted molar refractivity (Wildman–Crippen MR) is 82.4 cm³/mol. The van der Waals surface area contributed by atoms with E-state index in [1.54, 1.807) is 19.1 Å². The lowest BCUT2D eigenvalue weighted by molar-refractivity contribution is 0.102. The Bertz CT molecular complexity index is 686. The van der Waals surface area contributed by atoms with Gasteiger partial charge in [-0.15, -0.1) is 0 Å². The number of carbonyl (C=O) groups excluding carboxylic acids is 1. The highest BCUT2D eigenvalue weighted by molar-refractivity contribution is 9.10. The molecule has 1 amide bonds. The SMILES string of the molecule is Cc1cc(N)cc(C(=O)Nc2cccc(Br)c2C)c1F. The second kappa shape index (κ2) is 5.63. The van der Waals surface area contributed by atoms with Crippen molar-refractivity contribution >= 4 is 33.2 Å². The van der Waals surface area contributed by atoms with Crippen LogP contribution in [0.25, 0.3) is 0 Å². The Kier molecular flexibility index (Phi) is 4.09. The van der Waals surface area contributed by atoms with Gasteiger partial charge in [-0.05, 0) is 49.2 Å². The molecule has 0 atom stereocenters. The van der Waals surface area contributed by atoms with Crippen molar-refractivity contribution in [2.45, 2.75) is 13.8 Å². The Morgan fingerprint density at radius 2 is 2.00 bits per heavy atom. The summed E-state index contributed by atoms with van der Waals surface area (Å²) in [6, 6.07) is 8.26. The fraction of sp³-hybridized carbons (Fsp3) is 0.133. The number of benzene rings is 2. The first kappa shape index (κ1) is 14.5. The van der Waals surface area contributed by atoms with Gasteiger partial charge in [0, 0.05) is 15.8 Å². The Hall–Kier alpha value is -1.88. The molecule has 0 fully saturated rings. The molecule has 2 aromatic carbocycles. The quantitative estimate of drug-likeness (QED) is 0.813. The fourth-order valence-electron chi connectivity index (χ4n) is 1.90.